The van der Waals surface area contributed by atoms with E-state index in [0.29, 0.717) is 4.90 Å². The maximum atomic E-state index is 11.8. The van der Waals surface area contributed by atoms with Crippen molar-refractivity contribution in [2.75, 3.05) is 25.5 Å². The quantitative estimate of drug-likeness (QED) is 0.504. The number of amides is 3. The van der Waals surface area contributed by atoms with Crippen LogP contribution in [-0.4, -0.2) is 37.9 Å². The smallest absolute Gasteiger partial charge is 0.293 e. The standard InChI is InChI=1S/C14H20N4O3/c1-10-4-6-12(7-5-10)15-13(20)8-18(3)9-14(21)17-16-11(2)19/h4-7H,8-9H2,1-3H3,(H,15,20)(H,16,19)(H,17,21)/p+1. The largest absolute Gasteiger partial charge is 0.322 e. The zero-order valence-corrected chi connectivity index (χ0v) is 12.4. The SMILES string of the molecule is CC(=O)NNC(=O)C[NH+](C)CC(=O)Nc1ccc(C)cc1. The van der Waals surface area contributed by atoms with Crippen LogP contribution < -0.4 is 21.1 Å². The van der Waals surface area contributed by atoms with E-state index < -0.39 is 0 Å². The third-order valence-corrected chi connectivity index (χ3v) is 2.64. The third kappa shape index (κ3) is 7.07. The van der Waals surface area contributed by atoms with E-state index in [9.17, 15) is 14.4 Å². The first kappa shape index (κ1) is 16.6. The van der Waals surface area contributed by atoms with Gasteiger partial charge in [0.05, 0.1) is 7.05 Å². The van der Waals surface area contributed by atoms with Crippen LogP contribution in [0, 0.1) is 6.92 Å². The summed E-state index contributed by atoms with van der Waals surface area (Å²) in [6.07, 6.45) is 0. The number of quaternary nitrogens is 1. The molecule has 21 heavy (non-hydrogen) atoms. The number of hydrogen-bond donors (Lipinski definition) is 4. The van der Waals surface area contributed by atoms with Gasteiger partial charge >= 0.3 is 0 Å². The maximum absolute atomic E-state index is 11.8. The van der Waals surface area contributed by atoms with Gasteiger partial charge in [0, 0.05) is 12.6 Å². The van der Waals surface area contributed by atoms with Crippen LogP contribution >= 0.6 is 0 Å². The van der Waals surface area contributed by atoms with Crippen LogP contribution in [0.1, 0.15) is 12.5 Å². The lowest BCUT2D eigenvalue weighted by molar-refractivity contribution is -0.862. The van der Waals surface area contributed by atoms with Gasteiger partial charge in [-0.25, -0.2) is 0 Å². The highest BCUT2D eigenvalue weighted by molar-refractivity contribution is 5.91. The molecule has 4 N–H and O–H groups in total. The molecule has 1 aromatic rings. The number of hydrazine groups is 1. The highest BCUT2D eigenvalue weighted by Gasteiger charge is 2.14. The average Bonchev–Trinajstić information content (AvgIpc) is 2.38. The molecule has 0 saturated carbocycles. The summed E-state index contributed by atoms with van der Waals surface area (Å²) < 4.78 is 0. The van der Waals surface area contributed by atoms with Crippen LogP contribution in [-0.2, 0) is 14.4 Å². The van der Waals surface area contributed by atoms with Crippen LogP contribution in [0.3, 0.4) is 0 Å². The lowest BCUT2D eigenvalue weighted by atomic mass is 10.2. The fourth-order valence-electron chi connectivity index (χ4n) is 1.65. The molecule has 1 unspecified atom stereocenters. The predicted molar refractivity (Wildman–Crippen MR) is 78.4 cm³/mol. The zero-order valence-electron chi connectivity index (χ0n) is 12.4. The van der Waals surface area contributed by atoms with Crippen molar-refractivity contribution in [3.8, 4) is 0 Å². The molecule has 0 fully saturated rings. The summed E-state index contributed by atoms with van der Waals surface area (Å²) in [7, 11) is 1.72. The van der Waals surface area contributed by atoms with Crippen molar-refractivity contribution in [2.24, 2.45) is 0 Å². The van der Waals surface area contributed by atoms with Gasteiger partial charge in [0.15, 0.2) is 13.1 Å². The van der Waals surface area contributed by atoms with E-state index >= 15 is 0 Å². The Balaban J connectivity index is 2.34. The van der Waals surface area contributed by atoms with Crippen molar-refractivity contribution in [1.29, 1.82) is 0 Å². The molecule has 0 radical (unpaired) electrons. The van der Waals surface area contributed by atoms with Gasteiger partial charge in [0.2, 0.25) is 5.91 Å². The predicted octanol–water partition coefficient (Wildman–Crippen LogP) is -1.38. The number of likely N-dealkylation sites (N-methyl/N-ethyl adjacent to an activating group) is 1. The van der Waals surface area contributed by atoms with E-state index in [0.717, 1.165) is 11.3 Å². The van der Waals surface area contributed by atoms with Gasteiger partial charge in [-0.15, -0.1) is 0 Å². The molecule has 0 aliphatic rings. The summed E-state index contributed by atoms with van der Waals surface area (Å²) in [5, 5.41) is 2.76. The maximum Gasteiger partial charge on any atom is 0.293 e. The van der Waals surface area contributed by atoms with Crippen molar-refractivity contribution in [3.63, 3.8) is 0 Å². The van der Waals surface area contributed by atoms with E-state index in [1.165, 1.54) is 6.92 Å². The van der Waals surface area contributed by atoms with Gasteiger partial charge in [-0.1, -0.05) is 17.7 Å². The Morgan fingerprint density at radius 2 is 1.57 bits per heavy atom. The number of benzene rings is 1. The summed E-state index contributed by atoms with van der Waals surface area (Å²) >= 11 is 0. The second kappa shape index (κ2) is 8.01. The number of carbonyl (C=O) groups is 3. The van der Waals surface area contributed by atoms with Gasteiger partial charge in [0.1, 0.15) is 0 Å². The minimum atomic E-state index is -0.356. The second-order valence-electron chi connectivity index (χ2n) is 4.95. The molecular weight excluding hydrogens is 272 g/mol. The number of rotatable bonds is 5. The van der Waals surface area contributed by atoms with Crippen LogP contribution in [0.15, 0.2) is 24.3 Å². The van der Waals surface area contributed by atoms with Crippen molar-refractivity contribution in [3.05, 3.63) is 29.8 Å². The number of aryl methyl sites for hydroxylation is 1. The highest BCUT2D eigenvalue weighted by atomic mass is 16.2. The molecule has 3 amide bonds. The van der Waals surface area contributed by atoms with Gasteiger partial charge in [0.25, 0.3) is 11.8 Å². The van der Waals surface area contributed by atoms with Crippen LogP contribution in [0.2, 0.25) is 0 Å². The molecule has 1 rings (SSSR count). The second-order valence-corrected chi connectivity index (χ2v) is 4.95. The zero-order chi connectivity index (χ0) is 15.8. The Hall–Kier alpha value is -2.41. The summed E-state index contributed by atoms with van der Waals surface area (Å²) in [5.41, 5.74) is 6.29. The molecule has 0 heterocycles. The van der Waals surface area contributed by atoms with Gasteiger partial charge in [-0.05, 0) is 19.1 Å². The fourth-order valence-corrected chi connectivity index (χ4v) is 1.65. The summed E-state index contributed by atoms with van der Waals surface area (Å²) in [6, 6.07) is 7.47. The summed E-state index contributed by atoms with van der Waals surface area (Å²) in [6.45, 7) is 3.51. The first-order valence-electron chi connectivity index (χ1n) is 6.60. The third-order valence-electron chi connectivity index (χ3n) is 2.64. The molecule has 0 aromatic heterocycles. The Morgan fingerprint density at radius 1 is 1.00 bits per heavy atom. The van der Waals surface area contributed by atoms with E-state index in [1.807, 2.05) is 31.2 Å². The fraction of sp³-hybridized carbons (Fsp3) is 0.357. The molecule has 1 aromatic carbocycles. The van der Waals surface area contributed by atoms with Crippen LogP contribution in [0.4, 0.5) is 5.69 Å². The molecule has 1 atom stereocenters. The Bertz CT molecular complexity index is 513. The molecule has 0 saturated heterocycles. The Labute approximate surface area is 123 Å². The molecule has 7 heteroatoms. The monoisotopic (exact) mass is 293 g/mol. The van der Waals surface area contributed by atoms with E-state index in [1.54, 1.807) is 7.05 Å². The number of anilines is 1. The lowest BCUT2D eigenvalue weighted by Gasteiger charge is -2.13. The van der Waals surface area contributed by atoms with Crippen molar-refractivity contribution >= 4 is 23.4 Å². The summed E-state index contributed by atoms with van der Waals surface area (Å²) in [4.78, 5) is 34.6. The Morgan fingerprint density at radius 3 is 2.14 bits per heavy atom. The molecule has 0 aliphatic heterocycles. The van der Waals surface area contributed by atoms with E-state index in [-0.39, 0.29) is 30.8 Å². The van der Waals surface area contributed by atoms with Crippen molar-refractivity contribution in [1.82, 2.24) is 10.9 Å². The van der Waals surface area contributed by atoms with Gasteiger partial charge in [-0.2, -0.15) is 0 Å². The number of carbonyl (C=O) groups excluding carboxylic acids is 3. The molecular formula is C14H21N4O3+. The van der Waals surface area contributed by atoms with E-state index in [2.05, 4.69) is 16.2 Å². The molecule has 114 valence electrons. The van der Waals surface area contributed by atoms with Crippen molar-refractivity contribution < 1.29 is 19.3 Å². The minimum Gasteiger partial charge on any atom is -0.322 e. The molecule has 0 aliphatic carbocycles. The lowest BCUT2D eigenvalue weighted by Crippen LogP contribution is -3.11. The summed E-state index contributed by atoms with van der Waals surface area (Å²) in [5.74, 6) is -0.882. The Kier molecular flexibility index (Phi) is 6.35. The van der Waals surface area contributed by atoms with Gasteiger partial charge < -0.3 is 10.2 Å². The first-order chi connectivity index (χ1) is 9.86. The normalized spacial score (nSPS) is 11.4. The van der Waals surface area contributed by atoms with Crippen LogP contribution in [0.5, 0.6) is 0 Å². The highest BCUT2D eigenvalue weighted by Crippen LogP contribution is 2.07. The minimum absolute atomic E-state index is 0.0849. The number of nitrogens with one attached hydrogen (secondary N) is 4. The molecule has 0 spiro atoms. The van der Waals surface area contributed by atoms with Crippen molar-refractivity contribution in [2.45, 2.75) is 13.8 Å². The number of hydrogen-bond acceptors (Lipinski definition) is 3. The van der Waals surface area contributed by atoms with E-state index in [4.69, 9.17) is 0 Å². The topological polar surface area (TPSA) is 91.7 Å². The van der Waals surface area contributed by atoms with Gasteiger partial charge in [-0.3, -0.25) is 25.2 Å². The average molecular weight is 293 g/mol. The molecule has 7 nitrogen and oxygen atoms in total. The first-order valence-corrected chi connectivity index (χ1v) is 6.60. The molecule has 0 bridgehead atoms. The van der Waals surface area contributed by atoms with Crippen LogP contribution in [0.25, 0.3) is 0 Å².